The fourth-order valence-electron chi connectivity index (χ4n) is 0.368. The Morgan fingerprint density at radius 3 is 2.17 bits per heavy atom. The second kappa shape index (κ2) is 1.07. The highest BCUT2D eigenvalue weighted by molar-refractivity contribution is 5.86. The minimum absolute atomic E-state index is 0.130. The first-order valence-electron chi connectivity index (χ1n) is 2.10. The van der Waals surface area contributed by atoms with Crippen LogP contribution >= 0.6 is 0 Å². The number of hydrogen-bond donors (Lipinski definition) is 0. The van der Waals surface area contributed by atoms with Crippen molar-refractivity contribution in [2.24, 2.45) is 5.92 Å². The molecule has 0 aromatic rings. The molecule has 2 radical (unpaired) electrons. The molecule has 6 heavy (non-hydrogen) atoms. The maximum absolute atomic E-state index is 9.98. The van der Waals surface area contributed by atoms with Crippen molar-refractivity contribution in [1.29, 1.82) is 0 Å². The van der Waals surface area contributed by atoms with Crippen LogP contribution in [-0.2, 0) is 4.79 Å². The summed E-state index contributed by atoms with van der Waals surface area (Å²) >= 11 is 0. The van der Waals surface area contributed by atoms with Gasteiger partial charge in [0.2, 0.25) is 0 Å². The number of carbonyl (C=O) groups is 1. The van der Waals surface area contributed by atoms with E-state index in [1.807, 2.05) is 0 Å². The molecule has 0 heterocycles. The molecular formula is C5H6O. The van der Waals surface area contributed by atoms with Crippen LogP contribution < -0.4 is 0 Å². The van der Waals surface area contributed by atoms with Gasteiger partial charge in [0.1, 0.15) is 5.78 Å². The molecule has 1 aliphatic carbocycles. The van der Waals surface area contributed by atoms with Crippen LogP contribution in [0.25, 0.3) is 0 Å². The van der Waals surface area contributed by atoms with Crippen molar-refractivity contribution in [3.63, 3.8) is 0 Å². The molecule has 1 aliphatic rings. The highest BCUT2D eigenvalue weighted by Gasteiger charge is 2.25. The van der Waals surface area contributed by atoms with Crippen LogP contribution in [0.5, 0.6) is 0 Å². The Labute approximate surface area is 37.4 Å². The van der Waals surface area contributed by atoms with E-state index in [-0.39, 0.29) is 11.7 Å². The molecular weight excluding hydrogens is 76.1 g/mol. The summed E-state index contributed by atoms with van der Waals surface area (Å²) in [7, 11) is 0. The van der Waals surface area contributed by atoms with E-state index in [0.29, 0.717) is 0 Å². The van der Waals surface area contributed by atoms with Crippen LogP contribution in [0, 0.1) is 12.8 Å². The van der Waals surface area contributed by atoms with Crippen LogP contribution in [0.15, 0.2) is 0 Å². The summed E-state index contributed by atoms with van der Waals surface area (Å²) in [6.45, 7) is 4.86. The van der Waals surface area contributed by atoms with Crippen molar-refractivity contribution in [2.75, 3.05) is 0 Å². The monoisotopic (exact) mass is 82.0 g/mol. The Morgan fingerprint density at radius 1 is 1.67 bits per heavy atom. The first kappa shape index (κ1) is 3.85. The third-order valence-electron chi connectivity index (χ3n) is 0.980. The molecule has 1 heteroatoms. The minimum atomic E-state index is -0.130. The molecule has 0 spiro atoms. The smallest absolute Gasteiger partial charge is 0.140 e. The second-order valence-electron chi connectivity index (χ2n) is 1.68. The molecule has 0 atom stereocenters. The molecule has 1 rings (SSSR count). The molecule has 0 aromatic carbocycles. The zero-order valence-corrected chi connectivity index (χ0v) is 3.48. The molecule has 0 unspecified atom stereocenters. The van der Waals surface area contributed by atoms with Crippen molar-refractivity contribution < 1.29 is 4.79 Å². The van der Waals surface area contributed by atoms with E-state index in [4.69, 9.17) is 6.92 Å². The summed E-state index contributed by atoms with van der Waals surface area (Å²) in [6, 6.07) is 0. The standard InChI is InChI=1S/C5H6O/c1-4(6)5-2-3-5/h1,5H,2-3H2. The summed E-state index contributed by atoms with van der Waals surface area (Å²) in [5, 5.41) is 0. The van der Waals surface area contributed by atoms with Gasteiger partial charge in [0.25, 0.3) is 0 Å². The number of rotatable bonds is 1. The molecule has 32 valence electrons. The van der Waals surface area contributed by atoms with E-state index < -0.39 is 0 Å². The van der Waals surface area contributed by atoms with Gasteiger partial charge in [-0.2, -0.15) is 0 Å². The SMILES string of the molecule is [CH]C(=O)C1CC1. The third kappa shape index (κ3) is 0.588. The first-order valence-corrected chi connectivity index (χ1v) is 2.10. The summed E-state index contributed by atoms with van der Waals surface area (Å²) in [5.41, 5.74) is 0. The maximum atomic E-state index is 9.98. The lowest BCUT2D eigenvalue weighted by Gasteiger charge is -1.74. The van der Waals surface area contributed by atoms with Gasteiger partial charge in [-0.3, -0.25) is 4.79 Å². The van der Waals surface area contributed by atoms with Gasteiger partial charge < -0.3 is 0 Å². The fourth-order valence-corrected chi connectivity index (χ4v) is 0.368. The van der Waals surface area contributed by atoms with Crippen LogP contribution in [0.1, 0.15) is 12.8 Å². The number of hydrogen-bond acceptors (Lipinski definition) is 1. The normalized spacial score (nSPS) is 20.8. The molecule has 1 saturated carbocycles. The second-order valence-corrected chi connectivity index (χ2v) is 1.68. The van der Waals surface area contributed by atoms with Gasteiger partial charge in [-0.1, -0.05) is 0 Å². The first-order chi connectivity index (χ1) is 2.80. The fraction of sp³-hybridized carbons (Fsp3) is 0.600. The molecule has 0 amide bonds. The van der Waals surface area contributed by atoms with E-state index >= 15 is 0 Å². The van der Waals surface area contributed by atoms with Crippen LogP contribution in [0.2, 0.25) is 0 Å². The van der Waals surface area contributed by atoms with Gasteiger partial charge in [0.05, 0.1) is 0 Å². The van der Waals surface area contributed by atoms with Gasteiger partial charge in [0.15, 0.2) is 0 Å². The topological polar surface area (TPSA) is 17.1 Å². The molecule has 0 saturated heterocycles. The summed E-state index contributed by atoms with van der Waals surface area (Å²) < 4.78 is 0. The van der Waals surface area contributed by atoms with Gasteiger partial charge >= 0.3 is 0 Å². The predicted octanol–water partition coefficient (Wildman–Crippen LogP) is 0.677. The molecule has 0 bridgehead atoms. The lowest BCUT2D eigenvalue weighted by molar-refractivity contribution is -0.115. The third-order valence-corrected chi connectivity index (χ3v) is 0.980. The van der Waals surface area contributed by atoms with E-state index in [1.54, 1.807) is 0 Å². The zero-order valence-electron chi connectivity index (χ0n) is 3.48. The van der Waals surface area contributed by atoms with Crippen molar-refractivity contribution in [3.05, 3.63) is 6.92 Å². The summed E-state index contributed by atoms with van der Waals surface area (Å²) in [6.07, 6.45) is 2.05. The van der Waals surface area contributed by atoms with E-state index in [9.17, 15) is 4.79 Å². The van der Waals surface area contributed by atoms with E-state index in [1.165, 1.54) is 0 Å². The Hall–Kier alpha value is -0.330. The van der Waals surface area contributed by atoms with Crippen LogP contribution in [0.4, 0.5) is 0 Å². The average Bonchev–Trinajstić information content (AvgIpc) is 2.06. The quantitative estimate of drug-likeness (QED) is 0.454. The van der Waals surface area contributed by atoms with Gasteiger partial charge in [0, 0.05) is 12.8 Å². The van der Waals surface area contributed by atoms with Crippen molar-refractivity contribution in [1.82, 2.24) is 0 Å². The number of carbonyl (C=O) groups excluding carboxylic acids is 1. The average molecular weight is 82.1 g/mol. The highest BCUT2D eigenvalue weighted by Crippen LogP contribution is 2.28. The molecule has 0 N–H and O–H groups in total. The molecule has 0 aliphatic heterocycles. The molecule has 1 nitrogen and oxygen atoms in total. The van der Waals surface area contributed by atoms with Gasteiger partial charge in [-0.15, -0.1) is 0 Å². The van der Waals surface area contributed by atoms with Gasteiger partial charge in [-0.25, -0.2) is 0 Å². The van der Waals surface area contributed by atoms with E-state index in [2.05, 4.69) is 0 Å². The van der Waals surface area contributed by atoms with Crippen LogP contribution in [0.3, 0.4) is 0 Å². The van der Waals surface area contributed by atoms with Crippen LogP contribution in [-0.4, -0.2) is 5.78 Å². The lowest BCUT2D eigenvalue weighted by atomic mass is 10.3. The number of Topliss-reactive ketones (excluding diaryl/α,β-unsaturated/α-hetero) is 1. The Kier molecular flexibility index (Phi) is 0.685. The largest absolute Gasteiger partial charge is 0.299 e. The Balaban J connectivity index is 2.31. The lowest BCUT2D eigenvalue weighted by Crippen LogP contribution is -1.89. The zero-order chi connectivity index (χ0) is 4.57. The summed E-state index contributed by atoms with van der Waals surface area (Å²) in [4.78, 5) is 9.98. The number of ketones is 1. The Morgan fingerprint density at radius 2 is 2.17 bits per heavy atom. The Bertz CT molecular complexity index is 72.0. The maximum Gasteiger partial charge on any atom is 0.140 e. The van der Waals surface area contributed by atoms with Crippen molar-refractivity contribution >= 4 is 5.78 Å². The van der Waals surface area contributed by atoms with Gasteiger partial charge in [-0.05, 0) is 12.8 Å². The minimum Gasteiger partial charge on any atom is -0.299 e. The van der Waals surface area contributed by atoms with Crippen molar-refractivity contribution in [2.45, 2.75) is 12.8 Å². The molecule has 1 fully saturated rings. The predicted molar refractivity (Wildman–Crippen MR) is 22.0 cm³/mol. The van der Waals surface area contributed by atoms with E-state index in [0.717, 1.165) is 12.8 Å². The summed E-state index contributed by atoms with van der Waals surface area (Å²) in [5.74, 6) is 0.111. The molecule has 0 aromatic heterocycles. The highest BCUT2D eigenvalue weighted by atomic mass is 16.1. The van der Waals surface area contributed by atoms with Crippen molar-refractivity contribution in [3.8, 4) is 0 Å².